The number of nitrogens with one attached hydrogen (secondary N) is 2. The van der Waals surface area contributed by atoms with Crippen LogP contribution in [0.1, 0.15) is 51.4 Å². The molecule has 0 bridgehead atoms. The van der Waals surface area contributed by atoms with Gasteiger partial charge in [-0.25, -0.2) is 8.42 Å². The second kappa shape index (κ2) is 7.41. The maximum Gasteiger partial charge on any atom is 0.221 e. The van der Waals surface area contributed by atoms with E-state index in [0.717, 1.165) is 12.8 Å². The Hall–Kier alpha value is -0.620. The maximum absolute atomic E-state index is 11.9. The van der Waals surface area contributed by atoms with E-state index >= 15 is 0 Å². The smallest absolute Gasteiger partial charge is 0.221 e. The van der Waals surface area contributed by atoms with Gasteiger partial charge in [0, 0.05) is 25.0 Å². The summed E-state index contributed by atoms with van der Waals surface area (Å²) in [7, 11) is -2.84. The minimum absolute atomic E-state index is 0.0330. The van der Waals surface area contributed by atoms with E-state index in [4.69, 9.17) is 0 Å². The van der Waals surface area contributed by atoms with Crippen LogP contribution in [-0.4, -0.2) is 44.5 Å². The molecule has 6 heteroatoms. The molecule has 5 nitrogen and oxygen atoms in total. The van der Waals surface area contributed by atoms with Crippen LogP contribution >= 0.6 is 0 Å². The highest BCUT2D eigenvalue weighted by atomic mass is 32.2. The summed E-state index contributed by atoms with van der Waals surface area (Å²) in [6, 6.07) is 0.377. The monoisotopic (exact) mass is 302 g/mol. The van der Waals surface area contributed by atoms with Gasteiger partial charge in [-0.1, -0.05) is 25.7 Å². The first-order chi connectivity index (χ1) is 9.55. The van der Waals surface area contributed by atoms with Crippen molar-refractivity contribution in [2.24, 2.45) is 0 Å². The van der Waals surface area contributed by atoms with Gasteiger partial charge in [-0.2, -0.15) is 0 Å². The lowest BCUT2D eigenvalue weighted by Gasteiger charge is -2.17. The molecule has 2 N–H and O–H groups in total. The van der Waals surface area contributed by atoms with Crippen molar-refractivity contribution in [3.05, 3.63) is 0 Å². The van der Waals surface area contributed by atoms with Crippen molar-refractivity contribution in [3.63, 3.8) is 0 Å². The zero-order valence-corrected chi connectivity index (χ0v) is 12.9. The van der Waals surface area contributed by atoms with Crippen LogP contribution in [-0.2, 0) is 14.6 Å². The average Bonchev–Trinajstić information content (AvgIpc) is 2.60. The first-order valence-electron chi connectivity index (χ1n) is 7.78. The highest BCUT2D eigenvalue weighted by Crippen LogP contribution is 2.17. The van der Waals surface area contributed by atoms with Crippen molar-refractivity contribution < 1.29 is 13.2 Å². The van der Waals surface area contributed by atoms with Crippen molar-refractivity contribution in [3.8, 4) is 0 Å². The van der Waals surface area contributed by atoms with E-state index in [2.05, 4.69) is 10.6 Å². The van der Waals surface area contributed by atoms with Crippen LogP contribution in [0.15, 0.2) is 0 Å². The van der Waals surface area contributed by atoms with Gasteiger partial charge in [-0.15, -0.1) is 0 Å². The predicted octanol–water partition coefficient (Wildman–Crippen LogP) is 0.992. The predicted molar refractivity (Wildman–Crippen MR) is 79.3 cm³/mol. The lowest BCUT2D eigenvalue weighted by atomic mass is 10.1. The summed E-state index contributed by atoms with van der Waals surface area (Å²) in [5, 5.41) is 6.28. The largest absolute Gasteiger partial charge is 0.353 e. The van der Waals surface area contributed by atoms with Crippen molar-refractivity contribution in [2.45, 2.75) is 63.5 Å². The minimum atomic E-state index is -2.84. The summed E-state index contributed by atoms with van der Waals surface area (Å²) in [5.41, 5.74) is 0. The molecule has 0 radical (unpaired) electrons. The molecule has 2 fully saturated rings. The first-order valence-corrected chi connectivity index (χ1v) is 9.60. The Labute approximate surface area is 121 Å². The summed E-state index contributed by atoms with van der Waals surface area (Å²) in [6.07, 6.45) is 8.29. The third kappa shape index (κ3) is 5.40. The highest BCUT2D eigenvalue weighted by Gasteiger charge is 2.27. The second-order valence-electron chi connectivity index (χ2n) is 6.06. The van der Waals surface area contributed by atoms with Crippen LogP contribution < -0.4 is 10.6 Å². The molecule has 1 aliphatic heterocycles. The van der Waals surface area contributed by atoms with E-state index in [0.29, 0.717) is 25.4 Å². The highest BCUT2D eigenvalue weighted by molar-refractivity contribution is 7.91. The van der Waals surface area contributed by atoms with E-state index < -0.39 is 9.84 Å². The summed E-state index contributed by atoms with van der Waals surface area (Å²) < 4.78 is 22.6. The Balaban J connectivity index is 1.60. The van der Waals surface area contributed by atoms with Gasteiger partial charge in [0.15, 0.2) is 9.84 Å². The van der Waals surface area contributed by atoms with Gasteiger partial charge in [0.25, 0.3) is 0 Å². The van der Waals surface area contributed by atoms with Gasteiger partial charge in [-0.3, -0.25) is 4.79 Å². The zero-order valence-electron chi connectivity index (χ0n) is 12.1. The van der Waals surface area contributed by atoms with Gasteiger partial charge >= 0.3 is 0 Å². The van der Waals surface area contributed by atoms with Gasteiger partial charge in [0.2, 0.25) is 5.91 Å². The second-order valence-corrected chi connectivity index (χ2v) is 8.29. The van der Waals surface area contributed by atoms with Crippen LogP contribution in [0.5, 0.6) is 0 Å². The molecule has 0 spiro atoms. The van der Waals surface area contributed by atoms with Crippen molar-refractivity contribution in [2.75, 3.05) is 18.1 Å². The molecule has 2 aliphatic rings. The number of carbonyl (C=O) groups excluding carboxylic acids is 1. The average molecular weight is 302 g/mol. The molecular formula is C14H26N2O3S. The van der Waals surface area contributed by atoms with E-state index in [1.807, 2.05) is 0 Å². The van der Waals surface area contributed by atoms with Gasteiger partial charge in [-0.05, 0) is 19.3 Å². The van der Waals surface area contributed by atoms with Crippen molar-refractivity contribution >= 4 is 15.7 Å². The molecule has 0 aromatic carbocycles. The SMILES string of the molecule is O=C(CCNC1CCS(=O)(=O)C1)NC1CCCCCC1. The number of rotatable bonds is 5. The molecule has 1 saturated heterocycles. The van der Waals surface area contributed by atoms with E-state index in [1.54, 1.807) is 0 Å². The maximum atomic E-state index is 11.9. The molecule has 1 saturated carbocycles. The van der Waals surface area contributed by atoms with Crippen LogP contribution in [0.4, 0.5) is 0 Å². The Kier molecular flexibility index (Phi) is 5.84. The Morgan fingerprint density at radius 2 is 1.70 bits per heavy atom. The first kappa shape index (κ1) is 15.8. The standard InChI is InChI=1S/C14H26N2O3S/c17-14(16-12-5-3-1-2-4-6-12)7-9-15-13-8-10-20(18,19)11-13/h12-13,15H,1-11H2,(H,16,17). The third-order valence-electron chi connectivity index (χ3n) is 4.24. The fraction of sp³-hybridized carbons (Fsp3) is 0.929. The Morgan fingerprint density at radius 1 is 1.00 bits per heavy atom. The van der Waals surface area contributed by atoms with E-state index in [9.17, 15) is 13.2 Å². The molecule has 2 rings (SSSR count). The van der Waals surface area contributed by atoms with Crippen LogP contribution in [0.2, 0.25) is 0 Å². The lowest BCUT2D eigenvalue weighted by Crippen LogP contribution is -2.38. The fourth-order valence-corrected chi connectivity index (χ4v) is 4.78. The summed E-state index contributed by atoms with van der Waals surface area (Å²) >= 11 is 0. The normalized spacial score (nSPS) is 27.1. The number of carbonyl (C=O) groups is 1. The zero-order chi connectivity index (χ0) is 14.4. The number of hydrogen-bond donors (Lipinski definition) is 2. The summed E-state index contributed by atoms with van der Waals surface area (Å²) in [6.45, 7) is 0.568. The number of amides is 1. The molecule has 1 heterocycles. The van der Waals surface area contributed by atoms with Gasteiger partial charge in [0.05, 0.1) is 11.5 Å². The molecule has 116 valence electrons. The van der Waals surface area contributed by atoms with Gasteiger partial charge < -0.3 is 10.6 Å². The topological polar surface area (TPSA) is 75.3 Å². The lowest BCUT2D eigenvalue weighted by molar-refractivity contribution is -0.121. The number of sulfone groups is 1. The fourth-order valence-electron chi connectivity index (χ4n) is 3.07. The van der Waals surface area contributed by atoms with Crippen molar-refractivity contribution in [1.29, 1.82) is 0 Å². The Morgan fingerprint density at radius 3 is 2.30 bits per heavy atom. The van der Waals surface area contributed by atoms with E-state index in [-0.39, 0.29) is 23.5 Å². The van der Waals surface area contributed by atoms with Crippen LogP contribution in [0.3, 0.4) is 0 Å². The minimum Gasteiger partial charge on any atom is -0.353 e. The van der Waals surface area contributed by atoms with Gasteiger partial charge in [0.1, 0.15) is 0 Å². The molecule has 1 amide bonds. The quantitative estimate of drug-likeness (QED) is 0.743. The number of hydrogen-bond acceptors (Lipinski definition) is 4. The molecule has 0 aromatic rings. The molecule has 1 atom stereocenters. The van der Waals surface area contributed by atoms with Crippen LogP contribution in [0, 0.1) is 0 Å². The molecule has 1 unspecified atom stereocenters. The molecular weight excluding hydrogens is 276 g/mol. The summed E-state index contributed by atoms with van der Waals surface area (Å²) in [5.74, 6) is 0.584. The summed E-state index contributed by atoms with van der Waals surface area (Å²) in [4.78, 5) is 11.9. The third-order valence-corrected chi connectivity index (χ3v) is 6.01. The van der Waals surface area contributed by atoms with Crippen molar-refractivity contribution in [1.82, 2.24) is 10.6 Å². The molecule has 0 aromatic heterocycles. The molecule has 1 aliphatic carbocycles. The van der Waals surface area contributed by atoms with E-state index in [1.165, 1.54) is 25.7 Å². The molecule has 20 heavy (non-hydrogen) atoms. The van der Waals surface area contributed by atoms with Crippen LogP contribution in [0.25, 0.3) is 0 Å². The Bertz CT molecular complexity index is 414.